The van der Waals surface area contributed by atoms with Crippen LogP contribution in [0.2, 0.25) is 0 Å². The highest BCUT2D eigenvalue weighted by molar-refractivity contribution is 9.10. The summed E-state index contributed by atoms with van der Waals surface area (Å²) >= 11 is 3.46. The maximum atomic E-state index is 12.3. The van der Waals surface area contributed by atoms with Crippen LogP contribution in [0.4, 0.5) is 4.79 Å². The number of amides is 2. The van der Waals surface area contributed by atoms with Gasteiger partial charge in [0.05, 0.1) is 0 Å². The Morgan fingerprint density at radius 2 is 1.91 bits per heavy atom. The van der Waals surface area contributed by atoms with E-state index in [2.05, 4.69) is 26.1 Å². The fraction of sp³-hybridized carbons (Fsp3) is 0.588. The summed E-state index contributed by atoms with van der Waals surface area (Å²) < 4.78 is 1.05. The van der Waals surface area contributed by atoms with E-state index in [1.165, 1.54) is 25.7 Å². The van der Waals surface area contributed by atoms with Crippen molar-refractivity contribution in [3.63, 3.8) is 0 Å². The van der Waals surface area contributed by atoms with E-state index < -0.39 is 0 Å². The van der Waals surface area contributed by atoms with Gasteiger partial charge >= 0.3 is 6.03 Å². The Labute approximate surface area is 141 Å². The van der Waals surface area contributed by atoms with Crippen molar-refractivity contribution >= 4 is 22.0 Å². The minimum atomic E-state index is 0.0612. The Morgan fingerprint density at radius 1 is 1.18 bits per heavy atom. The number of hydrogen-bond donors (Lipinski definition) is 1. The van der Waals surface area contributed by atoms with Crippen molar-refractivity contribution in [2.45, 2.75) is 38.3 Å². The molecule has 0 bridgehead atoms. The predicted molar refractivity (Wildman–Crippen MR) is 91.8 cm³/mol. The zero-order valence-electron chi connectivity index (χ0n) is 12.9. The smallest absolute Gasteiger partial charge is 0.317 e. The molecule has 3 rings (SSSR count). The lowest BCUT2D eigenvalue weighted by Gasteiger charge is -2.38. The van der Waals surface area contributed by atoms with Gasteiger partial charge in [0.25, 0.3) is 0 Å². The first-order valence-electron chi connectivity index (χ1n) is 8.23. The molecule has 1 aliphatic carbocycles. The van der Waals surface area contributed by atoms with E-state index >= 15 is 0 Å². The summed E-state index contributed by atoms with van der Waals surface area (Å²) in [7, 11) is 0. The lowest BCUT2D eigenvalue weighted by molar-refractivity contribution is 0.109. The summed E-state index contributed by atoms with van der Waals surface area (Å²) in [6.45, 7) is 4.33. The number of urea groups is 1. The summed E-state index contributed by atoms with van der Waals surface area (Å²) in [4.78, 5) is 16.8. The normalized spacial score (nSPS) is 20.3. The lowest BCUT2D eigenvalue weighted by Crippen LogP contribution is -2.53. The highest BCUT2D eigenvalue weighted by Crippen LogP contribution is 2.24. The molecule has 2 amide bonds. The van der Waals surface area contributed by atoms with Gasteiger partial charge in [-0.05, 0) is 30.5 Å². The van der Waals surface area contributed by atoms with Gasteiger partial charge in [0.1, 0.15) is 0 Å². The van der Waals surface area contributed by atoms with Crippen molar-refractivity contribution in [3.05, 3.63) is 34.3 Å². The Bertz CT molecular complexity index is 508. The van der Waals surface area contributed by atoms with Gasteiger partial charge in [-0.1, -0.05) is 40.9 Å². The molecule has 0 radical (unpaired) electrons. The Morgan fingerprint density at radius 3 is 2.59 bits per heavy atom. The van der Waals surface area contributed by atoms with Gasteiger partial charge in [-0.3, -0.25) is 4.90 Å². The maximum absolute atomic E-state index is 12.3. The van der Waals surface area contributed by atoms with Crippen LogP contribution in [-0.2, 0) is 6.54 Å². The van der Waals surface area contributed by atoms with Crippen LogP contribution >= 0.6 is 15.9 Å². The van der Waals surface area contributed by atoms with Crippen molar-refractivity contribution < 1.29 is 4.79 Å². The molecule has 1 heterocycles. The van der Waals surface area contributed by atoms with Crippen molar-refractivity contribution in [3.8, 4) is 0 Å². The molecule has 1 aliphatic heterocycles. The zero-order valence-corrected chi connectivity index (χ0v) is 14.5. The number of carbonyl (C=O) groups excluding carboxylic acids is 1. The summed E-state index contributed by atoms with van der Waals surface area (Å²) in [6, 6.07) is 8.89. The molecule has 2 aliphatic rings. The van der Waals surface area contributed by atoms with Crippen molar-refractivity contribution in [1.82, 2.24) is 15.1 Å². The van der Waals surface area contributed by atoms with Gasteiger partial charge in [-0.2, -0.15) is 0 Å². The van der Waals surface area contributed by atoms with Gasteiger partial charge in [-0.15, -0.1) is 0 Å². The standard InChI is InChI=1S/C17H24BrN3O/c18-15-5-3-4-14(12-15)13-19-17(22)21-10-8-20(9-11-21)16-6-1-2-7-16/h3-5,12,16H,1-2,6-11,13H2,(H,19,22). The second-order valence-electron chi connectivity index (χ2n) is 6.25. The first-order valence-corrected chi connectivity index (χ1v) is 9.03. The minimum absolute atomic E-state index is 0.0612. The van der Waals surface area contributed by atoms with Crippen LogP contribution < -0.4 is 5.32 Å². The zero-order chi connectivity index (χ0) is 15.4. The number of hydrogen-bond acceptors (Lipinski definition) is 2. The number of rotatable bonds is 3. The fourth-order valence-corrected chi connectivity index (χ4v) is 3.94. The Kier molecular flexibility index (Phi) is 5.37. The van der Waals surface area contributed by atoms with Crippen molar-refractivity contribution in [1.29, 1.82) is 0 Å². The van der Waals surface area contributed by atoms with Gasteiger partial charge in [0.15, 0.2) is 0 Å². The third kappa shape index (κ3) is 4.02. The summed E-state index contributed by atoms with van der Waals surface area (Å²) in [5, 5.41) is 3.03. The molecule has 1 saturated carbocycles. The lowest BCUT2D eigenvalue weighted by atomic mass is 10.2. The molecule has 0 atom stereocenters. The topological polar surface area (TPSA) is 35.6 Å². The van der Waals surface area contributed by atoms with Crippen molar-refractivity contribution in [2.75, 3.05) is 26.2 Å². The van der Waals surface area contributed by atoms with Crippen LogP contribution in [0.15, 0.2) is 28.7 Å². The van der Waals surface area contributed by atoms with Crippen LogP contribution in [0, 0.1) is 0 Å². The summed E-state index contributed by atoms with van der Waals surface area (Å²) in [6.07, 6.45) is 5.43. The van der Waals surface area contributed by atoms with Crippen LogP contribution in [0.3, 0.4) is 0 Å². The van der Waals surface area contributed by atoms with Crippen LogP contribution in [0.5, 0.6) is 0 Å². The van der Waals surface area contributed by atoms with Gasteiger partial charge in [0, 0.05) is 43.2 Å². The van der Waals surface area contributed by atoms with Gasteiger partial charge < -0.3 is 10.2 Å². The number of nitrogens with one attached hydrogen (secondary N) is 1. The molecule has 0 unspecified atom stereocenters. The number of piperazine rings is 1. The van der Waals surface area contributed by atoms with E-state index in [0.717, 1.165) is 42.3 Å². The highest BCUT2D eigenvalue weighted by Gasteiger charge is 2.27. The molecule has 0 aromatic heterocycles. The molecular formula is C17H24BrN3O. The first-order chi connectivity index (χ1) is 10.7. The monoisotopic (exact) mass is 365 g/mol. The molecule has 1 N–H and O–H groups in total. The molecular weight excluding hydrogens is 342 g/mol. The molecule has 0 spiro atoms. The molecule has 1 aromatic carbocycles. The van der Waals surface area contributed by atoms with Gasteiger partial charge in [-0.25, -0.2) is 4.79 Å². The quantitative estimate of drug-likeness (QED) is 0.892. The predicted octanol–water partition coefficient (Wildman–Crippen LogP) is 3.22. The number of carbonyl (C=O) groups is 1. The Hall–Kier alpha value is -1.07. The average molecular weight is 366 g/mol. The van der Waals surface area contributed by atoms with E-state index in [4.69, 9.17) is 0 Å². The third-order valence-electron chi connectivity index (χ3n) is 4.78. The van der Waals surface area contributed by atoms with Crippen LogP contribution in [0.25, 0.3) is 0 Å². The van der Waals surface area contributed by atoms with E-state index in [9.17, 15) is 4.79 Å². The highest BCUT2D eigenvalue weighted by atomic mass is 79.9. The SMILES string of the molecule is O=C(NCc1cccc(Br)c1)N1CCN(C2CCCC2)CC1. The summed E-state index contributed by atoms with van der Waals surface area (Å²) in [5.41, 5.74) is 1.12. The first kappa shape index (κ1) is 15.8. The number of benzene rings is 1. The minimum Gasteiger partial charge on any atom is -0.334 e. The number of nitrogens with zero attached hydrogens (tertiary/aromatic N) is 2. The molecule has 5 heteroatoms. The molecule has 1 aromatic rings. The van der Waals surface area contributed by atoms with E-state index in [0.29, 0.717) is 6.54 Å². The maximum Gasteiger partial charge on any atom is 0.317 e. The molecule has 120 valence electrons. The molecule has 22 heavy (non-hydrogen) atoms. The van der Waals surface area contributed by atoms with E-state index in [1.54, 1.807) is 0 Å². The second kappa shape index (κ2) is 7.47. The van der Waals surface area contributed by atoms with Gasteiger partial charge in [0.2, 0.25) is 0 Å². The molecule has 1 saturated heterocycles. The summed E-state index contributed by atoms with van der Waals surface area (Å²) in [5.74, 6) is 0. The molecule has 2 fully saturated rings. The number of halogens is 1. The van der Waals surface area contributed by atoms with E-state index in [-0.39, 0.29) is 6.03 Å². The van der Waals surface area contributed by atoms with Crippen LogP contribution in [-0.4, -0.2) is 48.1 Å². The Balaban J connectivity index is 1.43. The van der Waals surface area contributed by atoms with E-state index in [1.807, 2.05) is 29.2 Å². The largest absolute Gasteiger partial charge is 0.334 e. The third-order valence-corrected chi connectivity index (χ3v) is 5.27. The van der Waals surface area contributed by atoms with Crippen molar-refractivity contribution in [2.24, 2.45) is 0 Å². The van der Waals surface area contributed by atoms with Crippen LogP contribution in [0.1, 0.15) is 31.2 Å². The second-order valence-corrected chi connectivity index (χ2v) is 7.17. The molecule has 4 nitrogen and oxygen atoms in total. The average Bonchev–Trinajstić information content (AvgIpc) is 3.07. The fourth-order valence-electron chi connectivity index (χ4n) is 3.50.